The average Bonchev–Trinajstić information content (AvgIpc) is 3.44. The van der Waals surface area contributed by atoms with E-state index in [1.165, 1.54) is 25.9 Å². The van der Waals surface area contributed by atoms with Gasteiger partial charge >= 0.3 is 0 Å². The molecular weight excluding hydrogens is 412 g/mol. The van der Waals surface area contributed by atoms with Gasteiger partial charge in [0.05, 0.1) is 17.4 Å². The van der Waals surface area contributed by atoms with Gasteiger partial charge in [0.2, 0.25) is 5.95 Å². The van der Waals surface area contributed by atoms with Gasteiger partial charge in [-0.25, -0.2) is 15.0 Å². The predicted molar refractivity (Wildman–Crippen MR) is 129 cm³/mol. The summed E-state index contributed by atoms with van der Waals surface area (Å²) in [7, 11) is 2.22. The maximum absolute atomic E-state index is 4.72. The van der Waals surface area contributed by atoms with Crippen LogP contribution in [0.4, 0.5) is 17.5 Å². The third-order valence-corrected chi connectivity index (χ3v) is 6.89. The second-order valence-corrected chi connectivity index (χ2v) is 9.24. The van der Waals surface area contributed by atoms with Crippen LogP contribution in [0.15, 0.2) is 61.4 Å². The van der Waals surface area contributed by atoms with Crippen LogP contribution in [0.2, 0.25) is 0 Å². The normalized spacial score (nSPS) is 20.7. The molecule has 1 unspecified atom stereocenters. The molecule has 0 aliphatic carbocycles. The van der Waals surface area contributed by atoms with Crippen LogP contribution >= 0.6 is 0 Å². The Balaban J connectivity index is 1.22. The molecule has 0 bridgehead atoms. The van der Waals surface area contributed by atoms with E-state index in [4.69, 9.17) is 9.97 Å². The molecule has 5 heterocycles. The molecule has 166 valence electrons. The van der Waals surface area contributed by atoms with Gasteiger partial charge in [-0.3, -0.25) is 9.97 Å². The smallest absolute Gasteiger partial charge is 0.225 e. The van der Waals surface area contributed by atoms with Gasteiger partial charge < -0.3 is 15.1 Å². The van der Waals surface area contributed by atoms with Crippen molar-refractivity contribution in [2.75, 3.05) is 43.4 Å². The number of fused-ring (bicyclic) bond motifs is 1. The second kappa shape index (κ2) is 8.04. The van der Waals surface area contributed by atoms with Crippen LogP contribution in [0.25, 0.3) is 22.0 Å². The van der Waals surface area contributed by atoms with Gasteiger partial charge in [-0.05, 0) is 44.1 Å². The molecule has 3 aromatic heterocycles. The van der Waals surface area contributed by atoms with Crippen molar-refractivity contribution in [3.05, 3.63) is 61.4 Å². The van der Waals surface area contributed by atoms with Gasteiger partial charge in [0.15, 0.2) is 0 Å². The summed E-state index contributed by atoms with van der Waals surface area (Å²) in [6.07, 6.45) is 13.2. The lowest BCUT2D eigenvalue weighted by molar-refractivity contribution is 0.312. The lowest BCUT2D eigenvalue weighted by atomic mass is 9.86. The van der Waals surface area contributed by atoms with Gasteiger partial charge in [0.1, 0.15) is 5.82 Å². The van der Waals surface area contributed by atoms with Crippen LogP contribution in [0.5, 0.6) is 0 Å². The van der Waals surface area contributed by atoms with E-state index >= 15 is 0 Å². The number of nitrogens with one attached hydrogen (secondary N) is 1. The number of pyridine rings is 1. The highest BCUT2D eigenvalue weighted by Gasteiger charge is 2.43. The van der Waals surface area contributed by atoms with E-state index in [2.05, 4.69) is 55.3 Å². The number of anilines is 3. The zero-order valence-corrected chi connectivity index (χ0v) is 18.6. The monoisotopic (exact) mass is 438 g/mol. The molecule has 0 radical (unpaired) electrons. The number of aromatic nitrogens is 5. The maximum atomic E-state index is 4.72. The summed E-state index contributed by atoms with van der Waals surface area (Å²) in [5.74, 6) is 1.53. The van der Waals surface area contributed by atoms with E-state index < -0.39 is 0 Å². The standard InChI is InChI=1S/C25H26N8/c1-32-10-5-25(16-32)6-11-33(17-25)24-29-13-19(14-30-24)18-2-3-20-21(4-7-27-22(20)12-18)31-23-15-26-8-9-28-23/h2-4,7-9,12-15H,5-6,10-11,16-17H2,1H3,(H,27,28,31). The highest BCUT2D eigenvalue weighted by atomic mass is 15.3. The van der Waals surface area contributed by atoms with Crippen molar-refractivity contribution in [3.8, 4) is 11.1 Å². The Morgan fingerprint density at radius 1 is 0.848 bits per heavy atom. The van der Waals surface area contributed by atoms with E-state index in [0.29, 0.717) is 11.2 Å². The molecule has 0 amide bonds. The lowest BCUT2D eigenvalue weighted by Gasteiger charge is -2.23. The summed E-state index contributed by atoms with van der Waals surface area (Å²) in [4.78, 5) is 27.2. The fourth-order valence-corrected chi connectivity index (χ4v) is 5.17. The first kappa shape index (κ1) is 20.0. The third-order valence-electron chi connectivity index (χ3n) is 6.89. The molecule has 4 aromatic rings. The number of hydrogen-bond acceptors (Lipinski definition) is 8. The largest absolute Gasteiger partial charge is 0.340 e. The van der Waals surface area contributed by atoms with Crippen LogP contribution in [-0.2, 0) is 0 Å². The van der Waals surface area contributed by atoms with Gasteiger partial charge in [-0.1, -0.05) is 12.1 Å². The minimum atomic E-state index is 0.415. The molecular formula is C25H26N8. The van der Waals surface area contributed by atoms with Crippen molar-refractivity contribution < 1.29 is 0 Å². The van der Waals surface area contributed by atoms with Gasteiger partial charge in [0, 0.05) is 67.0 Å². The maximum Gasteiger partial charge on any atom is 0.225 e. The summed E-state index contributed by atoms with van der Waals surface area (Å²) in [5.41, 5.74) is 4.30. The molecule has 2 fully saturated rings. The molecule has 8 nitrogen and oxygen atoms in total. The number of nitrogens with zero attached hydrogens (tertiary/aromatic N) is 7. The molecule has 2 aliphatic heterocycles. The molecule has 1 spiro atoms. The predicted octanol–water partition coefficient (Wildman–Crippen LogP) is 3.76. The van der Waals surface area contributed by atoms with E-state index in [1.54, 1.807) is 24.8 Å². The molecule has 2 saturated heterocycles. The van der Waals surface area contributed by atoms with E-state index in [9.17, 15) is 0 Å². The van der Waals surface area contributed by atoms with Crippen molar-refractivity contribution >= 4 is 28.4 Å². The summed E-state index contributed by atoms with van der Waals surface area (Å²) in [6, 6.07) is 8.18. The Hall–Kier alpha value is -3.65. The van der Waals surface area contributed by atoms with Gasteiger partial charge in [0.25, 0.3) is 0 Å². The van der Waals surface area contributed by atoms with Crippen molar-refractivity contribution in [2.45, 2.75) is 12.8 Å². The highest BCUT2D eigenvalue weighted by molar-refractivity contribution is 5.94. The van der Waals surface area contributed by atoms with E-state index in [1.807, 2.05) is 18.5 Å². The fraction of sp³-hybridized carbons (Fsp3) is 0.320. The first-order valence-corrected chi connectivity index (χ1v) is 11.4. The second-order valence-electron chi connectivity index (χ2n) is 9.24. The Labute approximate surface area is 192 Å². The summed E-state index contributed by atoms with van der Waals surface area (Å²) in [5, 5.41) is 4.34. The SMILES string of the molecule is CN1CCC2(CCN(c3ncc(-c4ccc5c(Nc6cnccn6)ccnc5c4)cn3)C2)C1. The minimum absolute atomic E-state index is 0.415. The molecule has 1 atom stereocenters. The van der Waals surface area contributed by atoms with Crippen LogP contribution in [0.3, 0.4) is 0 Å². The summed E-state index contributed by atoms with van der Waals surface area (Å²) in [6.45, 7) is 4.46. The number of rotatable bonds is 4. The topological polar surface area (TPSA) is 83.0 Å². The van der Waals surface area contributed by atoms with Gasteiger partial charge in [-0.2, -0.15) is 0 Å². The molecule has 1 aromatic carbocycles. The number of likely N-dealkylation sites (tertiary alicyclic amines) is 1. The van der Waals surface area contributed by atoms with Crippen molar-refractivity contribution in [1.82, 2.24) is 29.8 Å². The zero-order valence-electron chi connectivity index (χ0n) is 18.6. The Morgan fingerprint density at radius 3 is 2.52 bits per heavy atom. The van der Waals surface area contributed by atoms with Crippen molar-refractivity contribution in [3.63, 3.8) is 0 Å². The fourth-order valence-electron chi connectivity index (χ4n) is 5.17. The summed E-state index contributed by atoms with van der Waals surface area (Å²) >= 11 is 0. The molecule has 1 N–H and O–H groups in total. The Bertz CT molecular complexity index is 1280. The highest BCUT2D eigenvalue weighted by Crippen LogP contribution is 2.40. The van der Waals surface area contributed by atoms with Crippen LogP contribution < -0.4 is 10.2 Å². The number of hydrogen-bond donors (Lipinski definition) is 1. The lowest BCUT2D eigenvalue weighted by Crippen LogP contribution is -2.30. The van der Waals surface area contributed by atoms with Crippen molar-refractivity contribution in [1.29, 1.82) is 0 Å². The average molecular weight is 439 g/mol. The molecule has 8 heteroatoms. The quantitative estimate of drug-likeness (QED) is 0.516. The van der Waals surface area contributed by atoms with Crippen LogP contribution in [0, 0.1) is 5.41 Å². The Morgan fingerprint density at radius 2 is 1.73 bits per heavy atom. The third kappa shape index (κ3) is 3.87. The molecule has 2 aliphatic rings. The first-order valence-electron chi connectivity index (χ1n) is 11.4. The van der Waals surface area contributed by atoms with Crippen molar-refractivity contribution in [2.24, 2.45) is 5.41 Å². The van der Waals surface area contributed by atoms with E-state index in [-0.39, 0.29) is 0 Å². The molecule has 6 rings (SSSR count). The Kier molecular flexibility index (Phi) is 4.87. The first-order chi connectivity index (χ1) is 16.2. The number of benzene rings is 1. The molecule has 0 saturated carbocycles. The van der Waals surface area contributed by atoms with E-state index in [0.717, 1.165) is 46.8 Å². The van der Waals surface area contributed by atoms with Gasteiger partial charge in [-0.15, -0.1) is 0 Å². The zero-order chi connectivity index (χ0) is 22.3. The minimum Gasteiger partial charge on any atom is -0.340 e. The van der Waals surface area contributed by atoms with Crippen LogP contribution in [-0.4, -0.2) is 63.0 Å². The summed E-state index contributed by atoms with van der Waals surface area (Å²) < 4.78 is 0. The molecule has 33 heavy (non-hydrogen) atoms. The van der Waals surface area contributed by atoms with Crippen LogP contribution in [0.1, 0.15) is 12.8 Å².